The number of nitrogens with zero attached hydrogens (tertiary/aromatic N) is 1. The van der Waals surface area contributed by atoms with E-state index in [-0.39, 0.29) is 5.69 Å². The minimum atomic E-state index is -1.73. The van der Waals surface area contributed by atoms with Crippen molar-refractivity contribution >= 4 is 35.4 Å². The van der Waals surface area contributed by atoms with E-state index in [0.29, 0.717) is 12.4 Å². The molecule has 4 N–H and O–H groups in total. The van der Waals surface area contributed by atoms with Gasteiger partial charge in [-0.05, 0) is 17.7 Å². The number of anilines is 2. The van der Waals surface area contributed by atoms with Crippen LogP contribution in [0.4, 0.5) is 11.5 Å². The fraction of sp³-hybridized carbons (Fsp3) is 0.211. The van der Waals surface area contributed by atoms with Crippen LogP contribution in [0.25, 0.3) is 0 Å². The van der Waals surface area contributed by atoms with E-state index in [1.807, 2.05) is 30.3 Å². The van der Waals surface area contributed by atoms with Crippen LogP contribution in [0.3, 0.4) is 0 Å². The van der Waals surface area contributed by atoms with E-state index in [4.69, 9.17) is 19.7 Å². The molecule has 0 aliphatic heterocycles. The second-order valence-corrected chi connectivity index (χ2v) is 5.87. The van der Waals surface area contributed by atoms with Gasteiger partial charge in [0.15, 0.2) is 0 Å². The highest BCUT2D eigenvalue weighted by Crippen LogP contribution is 2.14. The number of aliphatic carboxylic acids is 2. The first-order valence-electron chi connectivity index (χ1n) is 8.65. The lowest BCUT2D eigenvalue weighted by Crippen LogP contribution is -2.33. The highest BCUT2D eigenvalue weighted by Gasteiger charge is 2.22. The fourth-order valence-electron chi connectivity index (χ4n) is 2.16. The zero-order valence-electron chi connectivity index (χ0n) is 15.6. The van der Waals surface area contributed by atoms with Crippen molar-refractivity contribution in [1.29, 1.82) is 0 Å². The third-order valence-corrected chi connectivity index (χ3v) is 3.43. The van der Waals surface area contributed by atoms with Crippen LogP contribution in [0, 0.1) is 0 Å². The summed E-state index contributed by atoms with van der Waals surface area (Å²) in [6.07, 6.45) is -2.30. The van der Waals surface area contributed by atoms with Crippen molar-refractivity contribution in [3.8, 4) is 0 Å². The normalized spacial score (nSPS) is 10.2. The Bertz CT molecular complexity index is 856. The van der Waals surface area contributed by atoms with Gasteiger partial charge in [-0.1, -0.05) is 30.3 Å². The average molecular weight is 417 g/mol. The maximum atomic E-state index is 11.6. The van der Waals surface area contributed by atoms with Gasteiger partial charge in [-0.15, -0.1) is 0 Å². The van der Waals surface area contributed by atoms with Crippen molar-refractivity contribution in [3.05, 3.63) is 54.2 Å². The first-order chi connectivity index (χ1) is 14.3. The number of carboxylic acids is 2. The van der Waals surface area contributed by atoms with Crippen LogP contribution in [-0.2, 0) is 35.2 Å². The Morgan fingerprint density at radius 3 is 2.00 bits per heavy atom. The molecule has 11 nitrogen and oxygen atoms in total. The summed E-state index contributed by atoms with van der Waals surface area (Å²) in [4.78, 5) is 48.5. The highest BCUT2D eigenvalue weighted by molar-refractivity contribution is 5.91. The number of benzene rings is 1. The van der Waals surface area contributed by atoms with E-state index in [1.165, 1.54) is 6.20 Å². The number of rotatable bonds is 11. The van der Waals surface area contributed by atoms with Crippen molar-refractivity contribution < 1.29 is 38.9 Å². The SMILES string of the molecule is O=C(O)CC(=O)OC(Nc1ccc(NCc2ccccc2)nc1)OC(=O)CC(=O)O. The monoisotopic (exact) mass is 417 g/mol. The second-order valence-electron chi connectivity index (χ2n) is 5.87. The molecule has 0 aliphatic rings. The maximum absolute atomic E-state index is 11.6. The standard InChI is InChI=1S/C19H19N3O8/c23-15(24)8-17(27)29-19(30-18(28)9-16(25)26)22-13-6-7-14(21-11-13)20-10-12-4-2-1-3-5-12/h1-7,11,19,22H,8-10H2,(H,20,21)(H,23,24)(H,25,26). The predicted octanol–water partition coefficient (Wildman–Crippen LogP) is 1.42. The van der Waals surface area contributed by atoms with Gasteiger partial charge in [0.05, 0.1) is 11.9 Å². The lowest BCUT2D eigenvalue weighted by atomic mass is 10.2. The van der Waals surface area contributed by atoms with Gasteiger partial charge in [-0.3, -0.25) is 19.2 Å². The Labute approximate surface area is 170 Å². The topological polar surface area (TPSA) is 164 Å². The summed E-state index contributed by atoms with van der Waals surface area (Å²) in [7, 11) is 0. The third-order valence-electron chi connectivity index (χ3n) is 3.43. The minimum Gasteiger partial charge on any atom is -0.481 e. The Kier molecular flexibility index (Phi) is 8.12. The van der Waals surface area contributed by atoms with Crippen LogP contribution >= 0.6 is 0 Å². The maximum Gasteiger partial charge on any atom is 0.329 e. The van der Waals surface area contributed by atoms with Crippen molar-refractivity contribution in [2.75, 3.05) is 10.6 Å². The lowest BCUT2D eigenvalue weighted by Gasteiger charge is -2.19. The van der Waals surface area contributed by atoms with Crippen LogP contribution in [0.5, 0.6) is 0 Å². The quantitative estimate of drug-likeness (QED) is 0.237. The molecule has 11 heteroatoms. The zero-order chi connectivity index (χ0) is 21.9. The molecular weight excluding hydrogens is 398 g/mol. The van der Waals surface area contributed by atoms with E-state index in [0.717, 1.165) is 5.56 Å². The molecule has 0 bridgehead atoms. The Morgan fingerprint density at radius 2 is 1.50 bits per heavy atom. The number of aromatic nitrogens is 1. The largest absolute Gasteiger partial charge is 0.481 e. The number of hydrogen-bond acceptors (Lipinski definition) is 9. The van der Waals surface area contributed by atoms with Gasteiger partial charge in [0.2, 0.25) is 0 Å². The number of carbonyl (C=O) groups excluding carboxylic acids is 2. The van der Waals surface area contributed by atoms with Gasteiger partial charge in [0.1, 0.15) is 18.7 Å². The molecule has 0 amide bonds. The van der Waals surface area contributed by atoms with Crippen LogP contribution in [0.15, 0.2) is 48.7 Å². The molecule has 158 valence electrons. The molecule has 1 heterocycles. The van der Waals surface area contributed by atoms with Gasteiger partial charge < -0.3 is 30.3 Å². The Hall–Kier alpha value is -4.15. The number of pyridine rings is 1. The third kappa shape index (κ3) is 8.25. The van der Waals surface area contributed by atoms with Gasteiger partial charge in [0, 0.05) is 6.54 Å². The molecule has 0 spiro atoms. The molecule has 0 unspecified atom stereocenters. The number of nitrogens with one attached hydrogen (secondary N) is 2. The number of carbonyl (C=O) groups is 4. The van der Waals surface area contributed by atoms with E-state index >= 15 is 0 Å². The summed E-state index contributed by atoms with van der Waals surface area (Å²) in [5, 5.41) is 22.9. The zero-order valence-corrected chi connectivity index (χ0v) is 15.6. The molecule has 0 atom stereocenters. The molecule has 0 radical (unpaired) electrons. The van der Waals surface area contributed by atoms with Gasteiger partial charge >= 0.3 is 30.3 Å². The van der Waals surface area contributed by atoms with Gasteiger partial charge in [-0.25, -0.2) is 4.98 Å². The number of carboxylic acid groups (broad SMARTS) is 2. The van der Waals surface area contributed by atoms with E-state index < -0.39 is 43.1 Å². The van der Waals surface area contributed by atoms with Crippen LogP contribution < -0.4 is 10.6 Å². The smallest absolute Gasteiger partial charge is 0.329 e. The molecule has 0 saturated heterocycles. The fourth-order valence-corrected chi connectivity index (χ4v) is 2.16. The second kappa shape index (κ2) is 11.0. The molecule has 30 heavy (non-hydrogen) atoms. The predicted molar refractivity (Wildman–Crippen MR) is 102 cm³/mol. The first kappa shape index (κ1) is 22.1. The Balaban J connectivity index is 1.98. The molecule has 0 fully saturated rings. The number of hydrogen-bond donors (Lipinski definition) is 4. The van der Waals surface area contributed by atoms with Crippen molar-refractivity contribution in [2.45, 2.75) is 25.8 Å². The van der Waals surface area contributed by atoms with Crippen LogP contribution in [0.1, 0.15) is 18.4 Å². The average Bonchev–Trinajstić information content (AvgIpc) is 2.67. The lowest BCUT2D eigenvalue weighted by molar-refractivity contribution is -0.183. The van der Waals surface area contributed by atoms with Gasteiger partial charge in [-0.2, -0.15) is 0 Å². The van der Waals surface area contributed by atoms with E-state index in [2.05, 4.69) is 15.6 Å². The molecule has 0 aliphatic carbocycles. The molecule has 0 saturated carbocycles. The molecule has 1 aromatic carbocycles. The number of esters is 2. The van der Waals surface area contributed by atoms with Crippen LogP contribution in [0.2, 0.25) is 0 Å². The molecule has 2 aromatic rings. The van der Waals surface area contributed by atoms with Crippen LogP contribution in [-0.4, -0.2) is 45.5 Å². The van der Waals surface area contributed by atoms with Crippen molar-refractivity contribution in [2.24, 2.45) is 0 Å². The summed E-state index contributed by atoms with van der Waals surface area (Å²) < 4.78 is 9.49. The van der Waals surface area contributed by atoms with Crippen molar-refractivity contribution in [3.63, 3.8) is 0 Å². The summed E-state index contributed by atoms with van der Waals surface area (Å²) in [5.74, 6) is -4.70. The number of ether oxygens (including phenoxy) is 2. The van der Waals surface area contributed by atoms with Gasteiger partial charge in [0.25, 0.3) is 0 Å². The van der Waals surface area contributed by atoms with E-state index in [9.17, 15) is 19.2 Å². The summed E-state index contributed by atoms with van der Waals surface area (Å²) >= 11 is 0. The first-order valence-corrected chi connectivity index (χ1v) is 8.65. The summed E-state index contributed by atoms with van der Waals surface area (Å²) in [6.45, 7) is 0.544. The van der Waals surface area contributed by atoms with Crippen molar-refractivity contribution in [1.82, 2.24) is 4.98 Å². The minimum absolute atomic E-state index is 0.275. The molecule has 1 aromatic heterocycles. The summed E-state index contributed by atoms with van der Waals surface area (Å²) in [6, 6.07) is 12.8. The molecule has 2 rings (SSSR count). The summed E-state index contributed by atoms with van der Waals surface area (Å²) in [5.41, 5.74) is 1.33. The van der Waals surface area contributed by atoms with E-state index in [1.54, 1.807) is 12.1 Å². The highest BCUT2D eigenvalue weighted by atomic mass is 16.7. The molecular formula is C19H19N3O8. The Morgan fingerprint density at radius 1 is 0.900 bits per heavy atom.